The Morgan fingerprint density at radius 3 is 1.91 bits per heavy atom. The predicted octanol–water partition coefficient (Wildman–Crippen LogP) is 0.192. The molecule has 0 aromatic rings. The van der Waals surface area contributed by atoms with Crippen molar-refractivity contribution in [3.8, 4) is 0 Å². The zero-order valence-electron chi connectivity index (χ0n) is 8.20. The van der Waals surface area contributed by atoms with Crippen LogP contribution in [0.2, 0.25) is 0 Å². The second-order valence-corrected chi connectivity index (χ2v) is 1.89. The molecule has 0 radical (unpaired) electrons. The van der Waals surface area contributed by atoms with E-state index in [0.29, 0.717) is 0 Å². The van der Waals surface area contributed by atoms with Gasteiger partial charge < -0.3 is 13.1 Å². The van der Waals surface area contributed by atoms with E-state index in [1.54, 1.807) is 0 Å². The number of carboxylic acids is 2. The molecule has 0 aromatic heterocycles. The van der Waals surface area contributed by atoms with Crippen molar-refractivity contribution in [3.05, 3.63) is 12.2 Å². The summed E-state index contributed by atoms with van der Waals surface area (Å²) < 4.78 is 0. The second kappa shape index (κ2) is 5.57. The normalized spacial score (nSPS) is 11.0. The minimum absolute atomic E-state index is 0. The third-order valence-corrected chi connectivity index (χ3v) is 1.17. The first-order chi connectivity index (χ1) is 4.46. The van der Waals surface area contributed by atoms with Crippen LogP contribution in [0.25, 0.3) is 0 Å². The molecule has 0 aliphatic rings. The molecule has 0 heterocycles. The molecule has 0 amide bonds. The van der Waals surface area contributed by atoms with Crippen molar-refractivity contribution in [2.24, 2.45) is 5.92 Å². The maximum Gasteiger partial charge on any atom is 2.00 e. The Labute approximate surface area is 96.9 Å². The van der Waals surface area contributed by atoms with Crippen molar-refractivity contribution >= 4 is 49.7 Å². The van der Waals surface area contributed by atoms with Crippen LogP contribution in [0, 0.1) is 5.92 Å². The Balaban J connectivity index is -0.000000135. The SMILES string of the molecule is C=C(C(=O)O)C(C)C(=O)O.[Ca+2].[H-].[H-]. The van der Waals surface area contributed by atoms with E-state index >= 15 is 0 Å². The van der Waals surface area contributed by atoms with Crippen molar-refractivity contribution in [2.45, 2.75) is 6.92 Å². The van der Waals surface area contributed by atoms with Crippen molar-refractivity contribution < 1.29 is 22.7 Å². The Hall–Kier alpha value is -0.0603. The van der Waals surface area contributed by atoms with Gasteiger partial charge in [-0.1, -0.05) is 6.58 Å². The summed E-state index contributed by atoms with van der Waals surface area (Å²) in [5.41, 5.74) is -0.299. The van der Waals surface area contributed by atoms with Crippen LogP contribution in [0.15, 0.2) is 12.2 Å². The first-order valence-corrected chi connectivity index (χ1v) is 2.61. The van der Waals surface area contributed by atoms with Gasteiger partial charge in [0.15, 0.2) is 0 Å². The van der Waals surface area contributed by atoms with Gasteiger partial charge in [-0.25, -0.2) is 4.79 Å². The molecule has 0 fully saturated rings. The van der Waals surface area contributed by atoms with Crippen LogP contribution in [-0.2, 0) is 9.59 Å². The second-order valence-electron chi connectivity index (χ2n) is 1.89. The van der Waals surface area contributed by atoms with Crippen LogP contribution in [0.3, 0.4) is 0 Å². The molecular weight excluding hydrogens is 176 g/mol. The number of hydrogen-bond acceptors (Lipinski definition) is 2. The van der Waals surface area contributed by atoms with Crippen molar-refractivity contribution in [1.29, 1.82) is 0 Å². The average molecular weight is 186 g/mol. The molecule has 11 heavy (non-hydrogen) atoms. The Morgan fingerprint density at radius 2 is 1.82 bits per heavy atom. The van der Waals surface area contributed by atoms with Gasteiger partial charge in [0.25, 0.3) is 0 Å². The van der Waals surface area contributed by atoms with Crippen molar-refractivity contribution in [3.63, 3.8) is 0 Å². The smallest absolute Gasteiger partial charge is 1.00 e. The van der Waals surface area contributed by atoms with Crippen LogP contribution in [-0.4, -0.2) is 59.9 Å². The van der Waals surface area contributed by atoms with E-state index in [9.17, 15) is 9.59 Å². The summed E-state index contributed by atoms with van der Waals surface area (Å²) in [7, 11) is 0. The molecule has 0 saturated carbocycles. The third kappa shape index (κ3) is 4.40. The van der Waals surface area contributed by atoms with Gasteiger partial charge in [0.1, 0.15) is 0 Å². The predicted molar refractivity (Wildman–Crippen MR) is 41.6 cm³/mol. The topological polar surface area (TPSA) is 74.6 Å². The van der Waals surface area contributed by atoms with E-state index in [0.717, 1.165) is 0 Å². The largest absolute Gasteiger partial charge is 2.00 e. The minimum Gasteiger partial charge on any atom is -1.00 e. The monoisotopic (exact) mass is 186 g/mol. The van der Waals surface area contributed by atoms with Gasteiger partial charge in [-0.15, -0.1) is 0 Å². The van der Waals surface area contributed by atoms with Gasteiger partial charge in [0.2, 0.25) is 0 Å². The van der Waals surface area contributed by atoms with Crippen LogP contribution in [0.1, 0.15) is 9.78 Å². The fourth-order valence-electron chi connectivity index (χ4n) is 0.334. The molecule has 0 saturated heterocycles. The molecule has 1 unspecified atom stereocenters. The van der Waals surface area contributed by atoms with E-state index in [2.05, 4.69) is 6.58 Å². The summed E-state index contributed by atoms with van der Waals surface area (Å²) in [5, 5.41) is 16.5. The molecule has 2 N–H and O–H groups in total. The molecule has 0 aliphatic carbocycles. The number of hydrogen-bond donors (Lipinski definition) is 2. The van der Waals surface area contributed by atoms with Crippen molar-refractivity contribution in [1.82, 2.24) is 0 Å². The Bertz CT molecular complexity index is 195. The standard InChI is InChI=1S/C6H8O4.Ca.2H/c1-3(5(7)8)4(2)6(9)10;;;/h4H,1H2,2H3,(H,7,8)(H,9,10);;;/q;+2;2*-1. The summed E-state index contributed by atoms with van der Waals surface area (Å²) >= 11 is 0. The molecular formula is C6H10CaO4. The fraction of sp³-hybridized carbons (Fsp3) is 0.333. The maximum atomic E-state index is 10.1. The molecule has 0 aromatic carbocycles. The molecule has 0 aliphatic heterocycles. The molecule has 5 heteroatoms. The molecule has 4 nitrogen and oxygen atoms in total. The van der Waals surface area contributed by atoms with Gasteiger partial charge in [-0.2, -0.15) is 0 Å². The minimum atomic E-state index is -1.27. The van der Waals surface area contributed by atoms with Gasteiger partial charge in [-0.3, -0.25) is 4.79 Å². The van der Waals surface area contributed by atoms with E-state index in [1.807, 2.05) is 0 Å². The van der Waals surface area contributed by atoms with Crippen LogP contribution < -0.4 is 0 Å². The Morgan fingerprint density at radius 1 is 1.45 bits per heavy atom. The summed E-state index contributed by atoms with van der Waals surface area (Å²) in [5.74, 6) is -3.46. The Kier molecular flexibility index (Phi) is 6.85. The van der Waals surface area contributed by atoms with Gasteiger partial charge in [0.05, 0.1) is 5.92 Å². The van der Waals surface area contributed by atoms with E-state index in [-0.39, 0.29) is 46.2 Å². The fourth-order valence-corrected chi connectivity index (χ4v) is 0.334. The molecule has 1 atom stereocenters. The average Bonchev–Trinajstić information content (AvgIpc) is 1.84. The number of aliphatic carboxylic acids is 2. The van der Waals surface area contributed by atoms with E-state index in [4.69, 9.17) is 10.2 Å². The van der Waals surface area contributed by atoms with Gasteiger partial charge >= 0.3 is 49.7 Å². The first-order valence-electron chi connectivity index (χ1n) is 2.61. The number of carbonyl (C=O) groups is 2. The van der Waals surface area contributed by atoms with E-state index < -0.39 is 17.9 Å². The summed E-state index contributed by atoms with van der Waals surface area (Å²) in [6.07, 6.45) is 0. The van der Waals surface area contributed by atoms with Crippen LogP contribution >= 0.6 is 0 Å². The molecule has 0 spiro atoms. The van der Waals surface area contributed by atoms with Gasteiger partial charge in [-0.05, 0) is 6.92 Å². The summed E-state index contributed by atoms with van der Waals surface area (Å²) in [6, 6.07) is 0. The molecule has 0 rings (SSSR count). The third-order valence-electron chi connectivity index (χ3n) is 1.17. The maximum absolute atomic E-state index is 10.1. The zero-order valence-corrected chi connectivity index (χ0v) is 8.41. The molecule has 60 valence electrons. The molecule has 0 bridgehead atoms. The zero-order chi connectivity index (χ0) is 8.31. The number of carboxylic acid groups (broad SMARTS) is 2. The number of rotatable bonds is 3. The van der Waals surface area contributed by atoms with Gasteiger partial charge in [0, 0.05) is 5.57 Å². The quantitative estimate of drug-likeness (QED) is 0.487. The van der Waals surface area contributed by atoms with Crippen LogP contribution in [0.4, 0.5) is 0 Å². The van der Waals surface area contributed by atoms with Crippen LogP contribution in [0.5, 0.6) is 0 Å². The van der Waals surface area contributed by atoms with E-state index in [1.165, 1.54) is 6.92 Å². The first kappa shape index (κ1) is 13.5. The summed E-state index contributed by atoms with van der Waals surface area (Å²) in [4.78, 5) is 20.2. The summed E-state index contributed by atoms with van der Waals surface area (Å²) in [6.45, 7) is 4.37. The van der Waals surface area contributed by atoms with Crippen molar-refractivity contribution in [2.75, 3.05) is 0 Å².